The second-order valence-electron chi connectivity index (χ2n) is 5.70. The molecular weight excluding hydrogens is 344 g/mol. The van der Waals surface area contributed by atoms with Crippen LogP contribution in [0.25, 0.3) is 0 Å². The Morgan fingerprint density at radius 2 is 2.12 bits per heavy atom. The zero-order valence-corrected chi connectivity index (χ0v) is 15.8. The second-order valence-corrected chi connectivity index (χ2v) is 7.60. The molecule has 2 aromatic rings. The highest BCUT2D eigenvalue weighted by atomic mass is 32.1. The van der Waals surface area contributed by atoms with E-state index in [-0.39, 0.29) is 5.97 Å². The Labute approximate surface area is 150 Å². The van der Waals surface area contributed by atoms with Gasteiger partial charge in [0.2, 0.25) is 0 Å². The van der Waals surface area contributed by atoms with Crippen molar-refractivity contribution in [3.05, 3.63) is 27.2 Å². The summed E-state index contributed by atoms with van der Waals surface area (Å²) in [4.78, 5) is 26.3. The van der Waals surface area contributed by atoms with Gasteiger partial charge >= 0.3 is 5.97 Å². The van der Waals surface area contributed by atoms with Crippen LogP contribution in [0.1, 0.15) is 40.3 Å². The third-order valence-electron chi connectivity index (χ3n) is 4.19. The summed E-state index contributed by atoms with van der Waals surface area (Å²) >= 11 is 3.14. The summed E-state index contributed by atoms with van der Waals surface area (Å²) in [5.74, 6) is -0.269. The maximum Gasteiger partial charge on any atom is 0.350 e. The van der Waals surface area contributed by atoms with E-state index in [1.165, 1.54) is 11.3 Å². The van der Waals surface area contributed by atoms with Crippen LogP contribution >= 0.6 is 22.7 Å². The summed E-state index contributed by atoms with van der Waals surface area (Å²) in [6, 6.07) is 0.347. The molecule has 0 bridgehead atoms. The third kappa shape index (κ3) is 3.60. The molecule has 1 fully saturated rings. The number of piperazine rings is 1. The predicted molar refractivity (Wildman–Crippen MR) is 97.1 cm³/mol. The zero-order chi connectivity index (χ0) is 17.1. The molecule has 0 amide bonds. The first-order valence-electron chi connectivity index (χ1n) is 8.13. The maximum atomic E-state index is 12.0. The lowest BCUT2D eigenvalue weighted by atomic mass is 10.2. The molecule has 130 valence electrons. The van der Waals surface area contributed by atoms with Crippen LogP contribution in [0.15, 0.2) is 11.6 Å². The number of esters is 1. The molecule has 1 saturated heterocycles. The summed E-state index contributed by atoms with van der Waals surface area (Å²) < 4.78 is 5.10. The second kappa shape index (κ2) is 7.58. The molecule has 1 unspecified atom stereocenters. The van der Waals surface area contributed by atoms with Gasteiger partial charge in [0.25, 0.3) is 0 Å². The van der Waals surface area contributed by atoms with Gasteiger partial charge in [-0.05, 0) is 20.8 Å². The Morgan fingerprint density at radius 1 is 1.38 bits per heavy atom. The van der Waals surface area contributed by atoms with Gasteiger partial charge in [-0.15, -0.1) is 11.3 Å². The van der Waals surface area contributed by atoms with E-state index in [1.54, 1.807) is 11.3 Å². The summed E-state index contributed by atoms with van der Waals surface area (Å²) in [6.45, 7) is 10.0. The van der Waals surface area contributed by atoms with Crippen molar-refractivity contribution in [2.75, 3.05) is 37.7 Å². The number of carbonyl (C=O) groups excluding carboxylic acids is 1. The van der Waals surface area contributed by atoms with Crippen molar-refractivity contribution >= 4 is 33.8 Å². The molecule has 0 spiro atoms. The number of hydrogen-bond donors (Lipinski definition) is 0. The van der Waals surface area contributed by atoms with Crippen LogP contribution < -0.4 is 4.90 Å². The first kappa shape index (κ1) is 17.3. The van der Waals surface area contributed by atoms with Crippen LogP contribution in [0, 0.1) is 6.92 Å². The third-order valence-corrected chi connectivity index (χ3v) is 6.33. The van der Waals surface area contributed by atoms with Gasteiger partial charge in [-0.2, -0.15) is 0 Å². The summed E-state index contributed by atoms with van der Waals surface area (Å²) in [5.41, 5.74) is 0.757. The average molecular weight is 367 g/mol. The van der Waals surface area contributed by atoms with Gasteiger partial charge in [-0.1, -0.05) is 11.3 Å². The molecule has 6 nitrogen and oxygen atoms in total. The van der Waals surface area contributed by atoms with Gasteiger partial charge in [0.15, 0.2) is 5.13 Å². The average Bonchev–Trinajstić information content (AvgIpc) is 3.24. The number of aromatic nitrogens is 2. The van der Waals surface area contributed by atoms with Gasteiger partial charge in [-0.25, -0.2) is 14.8 Å². The van der Waals surface area contributed by atoms with E-state index in [2.05, 4.69) is 26.7 Å². The molecule has 0 aliphatic carbocycles. The number of carbonyl (C=O) groups is 1. The predicted octanol–water partition coefficient (Wildman–Crippen LogP) is 2.97. The molecule has 1 atom stereocenters. The van der Waals surface area contributed by atoms with Gasteiger partial charge in [0, 0.05) is 37.8 Å². The van der Waals surface area contributed by atoms with E-state index in [4.69, 9.17) is 4.74 Å². The Hall–Kier alpha value is -1.51. The molecule has 0 aromatic carbocycles. The first-order valence-corrected chi connectivity index (χ1v) is 9.82. The molecule has 8 heteroatoms. The van der Waals surface area contributed by atoms with Crippen LogP contribution in [0.5, 0.6) is 0 Å². The molecule has 0 N–H and O–H groups in total. The highest BCUT2D eigenvalue weighted by molar-refractivity contribution is 7.17. The Morgan fingerprint density at radius 3 is 2.75 bits per heavy atom. The van der Waals surface area contributed by atoms with Crippen LogP contribution in [-0.4, -0.2) is 53.6 Å². The number of nitrogens with zero attached hydrogens (tertiary/aromatic N) is 4. The van der Waals surface area contributed by atoms with Crippen molar-refractivity contribution in [2.45, 2.75) is 26.8 Å². The molecule has 0 radical (unpaired) electrons. The van der Waals surface area contributed by atoms with Crippen molar-refractivity contribution in [3.8, 4) is 0 Å². The van der Waals surface area contributed by atoms with Crippen molar-refractivity contribution in [1.82, 2.24) is 14.9 Å². The minimum Gasteiger partial charge on any atom is -0.462 e. The highest BCUT2D eigenvalue weighted by Gasteiger charge is 2.26. The maximum absolute atomic E-state index is 12.0. The zero-order valence-electron chi connectivity index (χ0n) is 14.2. The smallest absolute Gasteiger partial charge is 0.350 e. The fourth-order valence-electron chi connectivity index (χ4n) is 2.80. The lowest BCUT2D eigenvalue weighted by molar-refractivity contribution is 0.0531. The van der Waals surface area contributed by atoms with E-state index in [1.807, 2.05) is 25.4 Å². The Balaban J connectivity index is 1.63. The summed E-state index contributed by atoms with van der Waals surface area (Å²) in [7, 11) is 0. The largest absolute Gasteiger partial charge is 0.462 e. The first-order chi connectivity index (χ1) is 11.6. The van der Waals surface area contributed by atoms with Crippen LogP contribution in [0.4, 0.5) is 5.13 Å². The number of aryl methyl sites for hydroxylation is 1. The lowest BCUT2D eigenvalue weighted by Crippen LogP contribution is -2.47. The molecule has 3 rings (SSSR count). The Kier molecular flexibility index (Phi) is 5.47. The van der Waals surface area contributed by atoms with Gasteiger partial charge in [0.1, 0.15) is 9.88 Å². The molecular formula is C16H22N4O2S2. The van der Waals surface area contributed by atoms with Gasteiger partial charge < -0.3 is 9.64 Å². The van der Waals surface area contributed by atoms with Gasteiger partial charge in [0.05, 0.1) is 18.3 Å². The van der Waals surface area contributed by atoms with Crippen molar-refractivity contribution in [3.63, 3.8) is 0 Å². The number of hydrogen-bond acceptors (Lipinski definition) is 8. The summed E-state index contributed by atoms with van der Waals surface area (Å²) in [6.07, 6.45) is 1.86. The Bertz CT molecular complexity index is 678. The quantitative estimate of drug-likeness (QED) is 0.758. The standard InChI is InChI=1S/C16H22N4O2S2/c1-4-22-15(21)13-11(2)18-16(24-13)20-8-6-19(7-9-20)12(3)14-17-5-10-23-14/h5,10,12H,4,6-9H2,1-3H3. The fraction of sp³-hybridized carbons (Fsp3) is 0.562. The lowest BCUT2D eigenvalue weighted by Gasteiger charge is -2.37. The molecule has 3 heterocycles. The molecule has 24 heavy (non-hydrogen) atoms. The van der Waals surface area contributed by atoms with Crippen LogP contribution in [0.2, 0.25) is 0 Å². The molecule has 2 aromatic heterocycles. The van der Waals surface area contributed by atoms with E-state index in [9.17, 15) is 4.79 Å². The normalized spacial score (nSPS) is 17.0. The van der Waals surface area contributed by atoms with E-state index in [0.29, 0.717) is 17.5 Å². The fourth-order valence-corrected chi connectivity index (χ4v) is 4.54. The molecule has 1 aliphatic heterocycles. The number of ether oxygens (including phenoxy) is 1. The number of thiazole rings is 2. The summed E-state index contributed by atoms with van der Waals surface area (Å²) in [5, 5.41) is 4.10. The minimum absolute atomic E-state index is 0.269. The number of anilines is 1. The topological polar surface area (TPSA) is 58.6 Å². The minimum atomic E-state index is -0.269. The van der Waals surface area contributed by atoms with Crippen molar-refractivity contribution < 1.29 is 9.53 Å². The highest BCUT2D eigenvalue weighted by Crippen LogP contribution is 2.29. The van der Waals surface area contributed by atoms with E-state index < -0.39 is 0 Å². The van der Waals surface area contributed by atoms with Crippen LogP contribution in [-0.2, 0) is 4.74 Å². The molecule has 0 saturated carbocycles. The monoisotopic (exact) mass is 366 g/mol. The van der Waals surface area contributed by atoms with E-state index >= 15 is 0 Å². The van der Waals surface area contributed by atoms with Crippen molar-refractivity contribution in [2.24, 2.45) is 0 Å². The molecule has 1 aliphatic rings. The van der Waals surface area contributed by atoms with Gasteiger partial charge in [-0.3, -0.25) is 4.90 Å². The number of rotatable bonds is 5. The van der Waals surface area contributed by atoms with E-state index in [0.717, 1.165) is 42.0 Å². The SMILES string of the molecule is CCOC(=O)c1sc(N2CCN(C(C)c3nccs3)CC2)nc1C. The van der Waals surface area contributed by atoms with Crippen molar-refractivity contribution in [1.29, 1.82) is 0 Å². The van der Waals surface area contributed by atoms with Crippen LogP contribution in [0.3, 0.4) is 0 Å².